The molecule has 29 heavy (non-hydrogen) atoms. The van der Waals surface area contributed by atoms with Crippen molar-refractivity contribution in [2.45, 2.75) is 18.5 Å². The van der Waals surface area contributed by atoms with Crippen LogP contribution in [0.1, 0.15) is 11.9 Å². The van der Waals surface area contributed by atoms with Crippen molar-refractivity contribution in [3.63, 3.8) is 0 Å². The second kappa shape index (κ2) is 8.58. The minimum absolute atomic E-state index is 0.166. The lowest BCUT2D eigenvalue weighted by Crippen LogP contribution is -2.14. The number of rotatable bonds is 7. The van der Waals surface area contributed by atoms with E-state index in [0.717, 1.165) is 22.6 Å². The molecule has 0 aliphatic heterocycles. The van der Waals surface area contributed by atoms with Crippen molar-refractivity contribution in [3.05, 3.63) is 47.6 Å². The van der Waals surface area contributed by atoms with Crippen LogP contribution in [0, 0.1) is 0 Å². The van der Waals surface area contributed by atoms with E-state index in [2.05, 4.69) is 25.5 Å². The third-order valence-corrected chi connectivity index (χ3v) is 5.98. The number of fused-ring (bicyclic) bond motifs is 1. The van der Waals surface area contributed by atoms with Gasteiger partial charge in [-0.05, 0) is 30.7 Å². The number of thioether (sulfide) groups is 1. The second-order valence-electron chi connectivity index (χ2n) is 5.94. The number of aryl methyl sites for hydroxylation is 1. The van der Waals surface area contributed by atoms with Gasteiger partial charge in [-0.2, -0.15) is 0 Å². The number of carbonyl (C=O) groups is 1. The van der Waals surface area contributed by atoms with E-state index in [1.807, 2.05) is 47.9 Å². The highest BCUT2D eigenvalue weighted by Gasteiger charge is 2.18. The fraction of sp³-hybridized carbons (Fsp3) is 0.211. The molecule has 0 saturated carbocycles. The minimum atomic E-state index is -0.166. The van der Waals surface area contributed by atoms with Crippen molar-refractivity contribution in [1.29, 1.82) is 0 Å². The van der Waals surface area contributed by atoms with Gasteiger partial charge in [0.15, 0.2) is 10.8 Å². The maximum Gasteiger partial charge on any atom is 0.236 e. The molecule has 0 aliphatic carbocycles. The number of anilines is 1. The van der Waals surface area contributed by atoms with Gasteiger partial charge in [-0.15, -0.1) is 10.2 Å². The Bertz CT molecular complexity index is 1160. The van der Waals surface area contributed by atoms with Gasteiger partial charge < -0.3 is 4.74 Å². The molecule has 3 aromatic heterocycles. The van der Waals surface area contributed by atoms with Crippen LogP contribution in [0.4, 0.5) is 5.13 Å². The minimum Gasteiger partial charge on any atom is -0.495 e. The Balaban J connectivity index is 1.61. The molecule has 0 radical (unpaired) electrons. The maximum atomic E-state index is 12.4. The Morgan fingerprint density at radius 1 is 1.24 bits per heavy atom. The van der Waals surface area contributed by atoms with Crippen molar-refractivity contribution in [1.82, 2.24) is 24.7 Å². The Labute approximate surface area is 175 Å². The smallest absolute Gasteiger partial charge is 0.236 e. The average molecular weight is 427 g/mol. The number of imidazole rings is 1. The molecule has 1 amide bonds. The van der Waals surface area contributed by atoms with Gasteiger partial charge in [0.25, 0.3) is 0 Å². The van der Waals surface area contributed by atoms with Gasteiger partial charge in [-0.1, -0.05) is 42.2 Å². The molecule has 1 aromatic carbocycles. The molecule has 0 saturated heterocycles. The van der Waals surface area contributed by atoms with Crippen LogP contribution in [-0.4, -0.2) is 43.5 Å². The van der Waals surface area contributed by atoms with Crippen LogP contribution in [0.15, 0.2) is 47.8 Å². The number of methoxy groups -OCH3 is 1. The van der Waals surface area contributed by atoms with Crippen LogP contribution < -0.4 is 10.1 Å². The average Bonchev–Trinajstić information content (AvgIpc) is 3.36. The molecule has 3 heterocycles. The molecular formula is C19H18N6O2S2. The highest BCUT2D eigenvalue weighted by molar-refractivity contribution is 7.99. The first-order valence-corrected chi connectivity index (χ1v) is 10.7. The fourth-order valence-corrected chi connectivity index (χ4v) is 4.26. The lowest BCUT2D eigenvalue weighted by atomic mass is 10.3. The molecule has 0 spiro atoms. The lowest BCUT2D eigenvalue weighted by Gasteiger charge is -2.12. The van der Waals surface area contributed by atoms with Gasteiger partial charge in [-0.3, -0.25) is 14.7 Å². The summed E-state index contributed by atoms with van der Waals surface area (Å²) in [6, 6.07) is 11.4. The van der Waals surface area contributed by atoms with Crippen molar-refractivity contribution in [3.8, 4) is 11.4 Å². The molecule has 1 N–H and O–H groups in total. The molecule has 8 nitrogen and oxygen atoms in total. The SMILES string of the molecule is CCc1nnc(NC(=O)CSc2nc3cccnc3n2-c2ccccc2OC)s1. The molecule has 148 valence electrons. The fourth-order valence-electron chi connectivity index (χ4n) is 2.75. The van der Waals surface area contributed by atoms with E-state index >= 15 is 0 Å². The Hall–Kier alpha value is -2.98. The number of amides is 1. The molecule has 4 aromatic rings. The van der Waals surface area contributed by atoms with E-state index in [4.69, 9.17) is 4.74 Å². The zero-order valence-corrected chi connectivity index (χ0v) is 17.5. The summed E-state index contributed by atoms with van der Waals surface area (Å²) in [5.41, 5.74) is 2.27. The first kappa shape index (κ1) is 19.3. The van der Waals surface area contributed by atoms with Crippen LogP contribution in [-0.2, 0) is 11.2 Å². The van der Waals surface area contributed by atoms with Crippen LogP contribution in [0.25, 0.3) is 16.9 Å². The lowest BCUT2D eigenvalue weighted by molar-refractivity contribution is -0.113. The number of benzene rings is 1. The summed E-state index contributed by atoms with van der Waals surface area (Å²) in [6.07, 6.45) is 2.51. The predicted octanol–water partition coefficient (Wildman–Crippen LogP) is 3.57. The van der Waals surface area contributed by atoms with E-state index < -0.39 is 0 Å². The summed E-state index contributed by atoms with van der Waals surface area (Å²) in [7, 11) is 1.62. The number of hydrogen-bond acceptors (Lipinski definition) is 8. The summed E-state index contributed by atoms with van der Waals surface area (Å²) < 4.78 is 7.42. The normalized spacial score (nSPS) is 11.0. The highest BCUT2D eigenvalue weighted by Crippen LogP contribution is 2.31. The summed E-state index contributed by atoms with van der Waals surface area (Å²) in [5, 5.41) is 12.8. The zero-order valence-electron chi connectivity index (χ0n) is 15.8. The van der Waals surface area contributed by atoms with E-state index in [1.54, 1.807) is 13.3 Å². The van der Waals surface area contributed by atoms with Crippen molar-refractivity contribution in [2.24, 2.45) is 0 Å². The van der Waals surface area contributed by atoms with Crippen molar-refractivity contribution in [2.75, 3.05) is 18.2 Å². The predicted molar refractivity (Wildman–Crippen MR) is 114 cm³/mol. The number of carbonyl (C=O) groups excluding carboxylic acids is 1. The second-order valence-corrected chi connectivity index (χ2v) is 7.94. The number of hydrogen-bond donors (Lipinski definition) is 1. The third kappa shape index (κ3) is 4.08. The molecule has 0 unspecified atom stereocenters. The summed E-state index contributed by atoms with van der Waals surface area (Å²) in [5.74, 6) is 0.713. The van der Waals surface area contributed by atoms with Gasteiger partial charge in [0.05, 0.1) is 18.6 Å². The Morgan fingerprint density at radius 2 is 2.10 bits per heavy atom. The Morgan fingerprint density at radius 3 is 2.90 bits per heavy atom. The largest absolute Gasteiger partial charge is 0.495 e. The number of para-hydroxylation sites is 2. The summed E-state index contributed by atoms with van der Waals surface area (Å²) >= 11 is 2.71. The number of aromatic nitrogens is 5. The number of nitrogens with one attached hydrogen (secondary N) is 1. The molecule has 0 aliphatic rings. The quantitative estimate of drug-likeness (QED) is 0.451. The van der Waals surface area contributed by atoms with Gasteiger partial charge in [0.2, 0.25) is 11.0 Å². The first-order valence-electron chi connectivity index (χ1n) is 8.91. The highest BCUT2D eigenvalue weighted by atomic mass is 32.2. The van der Waals surface area contributed by atoms with Crippen LogP contribution >= 0.6 is 23.1 Å². The van der Waals surface area contributed by atoms with Gasteiger partial charge in [0.1, 0.15) is 16.3 Å². The number of nitrogens with zero attached hydrogens (tertiary/aromatic N) is 5. The standard InChI is InChI=1S/C19H18N6O2S2/c1-3-16-23-24-18(29-16)22-15(26)11-28-19-21-12-7-6-10-20-17(12)25(19)13-8-4-5-9-14(13)27-2/h4-10H,3,11H2,1-2H3,(H,22,24,26). The maximum absolute atomic E-state index is 12.4. The molecule has 0 fully saturated rings. The summed E-state index contributed by atoms with van der Waals surface area (Å²) in [4.78, 5) is 21.5. The Kier molecular flexibility index (Phi) is 5.72. The van der Waals surface area contributed by atoms with E-state index in [0.29, 0.717) is 21.7 Å². The zero-order chi connectivity index (χ0) is 20.2. The first-order chi connectivity index (χ1) is 14.2. The number of pyridine rings is 1. The molecule has 4 rings (SSSR count). The van der Waals surface area contributed by atoms with Crippen LogP contribution in [0.5, 0.6) is 5.75 Å². The molecule has 0 atom stereocenters. The van der Waals surface area contributed by atoms with E-state index in [1.165, 1.54) is 23.1 Å². The van der Waals surface area contributed by atoms with Crippen molar-refractivity contribution >= 4 is 45.3 Å². The van der Waals surface area contributed by atoms with Crippen molar-refractivity contribution < 1.29 is 9.53 Å². The van der Waals surface area contributed by atoms with Gasteiger partial charge in [0, 0.05) is 6.20 Å². The monoisotopic (exact) mass is 426 g/mol. The topological polar surface area (TPSA) is 94.8 Å². The molecular weight excluding hydrogens is 408 g/mol. The van der Waals surface area contributed by atoms with Gasteiger partial charge >= 0.3 is 0 Å². The number of ether oxygens (including phenoxy) is 1. The molecule has 10 heteroatoms. The summed E-state index contributed by atoms with van der Waals surface area (Å²) in [6.45, 7) is 2.00. The van der Waals surface area contributed by atoms with Crippen LogP contribution in [0.3, 0.4) is 0 Å². The van der Waals surface area contributed by atoms with Crippen LogP contribution in [0.2, 0.25) is 0 Å². The third-order valence-electron chi connectivity index (χ3n) is 4.06. The van der Waals surface area contributed by atoms with Gasteiger partial charge in [-0.25, -0.2) is 9.97 Å². The van der Waals surface area contributed by atoms with E-state index in [-0.39, 0.29) is 11.7 Å². The molecule has 0 bridgehead atoms. The van der Waals surface area contributed by atoms with E-state index in [9.17, 15) is 4.79 Å².